The predicted octanol–water partition coefficient (Wildman–Crippen LogP) is 2.98. The Morgan fingerprint density at radius 1 is 1.34 bits per heavy atom. The Labute approximate surface area is 174 Å². The molecule has 12 heteroatoms. The molecule has 0 fully saturated rings. The van der Waals surface area contributed by atoms with Crippen molar-refractivity contribution in [1.29, 1.82) is 0 Å². The number of primary sulfonamides is 1. The van der Waals surface area contributed by atoms with Crippen molar-refractivity contribution >= 4 is 33.0 Å². The number of rotatable bonds is 6. The Hall–Kier alpha value is -2.08. The smallest absolute Gasteiger partial charge is 0.237 e. The molecule has 2 N–H and O–H groups in total. The number of ether oxygens (including phenoxy) is 2. The largest absolute Gasteiger partial charge is 0.497 e. The molecule has 0 bridgehead atoms. The molecule has 2 aromatic rings. The summed E-state index contributed by atoms with van der Waals surface area (Å²) in [6.07, 6.45) is -2.06. The summed E-state index contributed by atoms with van der Waals surface area (Å²) in [6, 6.07) is 4.68. The highest BCUT2D eigenvalue weighted by Crippen LogP contribution is 2.50. The minimum absolute atomic E-state index is 0.0900. The third-order valence-corrected chi connectivity index (χ3v) is 6.71. The maximum atomic E-state index is 15.7. The summed E-state index contributed by atoms with van der Waals surface area (Å²) in [5.41, 5.74) is -0.525. The summed E-state index contributed by atoms with van der Waals surface area (Å²) in [5, 5.41) is 12.0. The summed E-state index contributed by atoms with van der Waals surface area (Å²) in [6.45, 7) is 0. The number of aromatic nitrogens is 2. The molecule has 0 radical (unpaired) electrons. The number of methoxy groups -OCH3 is 2. The molecule has 1 aliphatic carbocycles. The van der Waals surface area contributed by atoms with Crippen molar-refractivity contribution in [2.24, 2.45) is 5.14 Å². The number of allylic oxidation sites excluding steroid dienone is 4. The van der Waals surface area contributed by atoms with E-state index in [9.17, 15) is 8.42 Å². The van der Waals surface area contributed by atoms with E-state index in [1.54, 1.807) is 18.2 Å². The van der Waals surface area contributed by atoms with Crippen LogP contribution in [0.25, 0.3) is 0 Å². The number of alkyl halides is 1. The highest BCUT2D eigenvalue weighted by molar-refractivity contribution is 7.93. The van der Waals surface area contributed by atoms with Gasteiger partial charge in [0, 0.05) is 6.07 Å². The highest BCUT2D eigenvalue weighted by atomic mass is 35.5. The molecule has 1 aromatic carbocycles. The van der Waals surface area contributed by atoms with Crippen LogP contribution in [0.5, 0.6) is 11.5 Å². The van der Waals surface area contributed by atoms with Gasteiger partial charge >= 0.3 is 0 Å². The zero-order valence-corrected chi connectivity index (χ0v) is 17.6. The Morgan fingerprint density at radius 2 is 2.07 bits per heavy atom. The first kappa shape index (κ1) is 21.6. The average molecular weight is 464 g/mol. The zero-order chi connectivity index (χ0) is 21.4. The number of hydrogen-bond donors (Lipinski definition) is 1. The van der Waals surface area contributed by atoms with Crippen molar-refractivity contribution in [1.82, 2.24) is 10.2 Å². The first-order valence-corrected chi connectivity index (χ1v) is 10.9. The Bertz CT molecular complexity index is 1090. The van der Waals surface area contributed by atoms with Crippen molar-refractivity contribution < 1.29 is 26.7 Å². The lowest BCUT2D eigenvalue weighted by Crippen LogP contribution is -2.45. The number of hydrogen-bond acceptors (Lipinski definition) is 7. The number of halogens is 3. The van der Waals surface area contributed by atoms with E-state index in [1.807, 2.05) is 0 Å². The number of benzene rings is 1. The molecule has 3 rings (SSSR count). The molecule has 1 aliphatic rings. The van der Waals surface area contributed by atoms with Gasteiger partial charge in [-0.25, -0.2) is 22.3 Å². The van der Waals surface area contributed by atoms with Gasteiger partial charge in [-0.15, -0.1) is 21.5 Å². The van der Waals surface area contributed by atoms with Crippen LogP contribution in [0.15, 0.2) is 45.5 Å². The third-order valence-electron chi connectivity index (χ3n) is 4.59. The van der Waals surface area contributed by atoms with Gasteiger partial charge < -0.3 is 9.47 Å². The molecule has 0 saturated carbocycles. The van der Waals surface area contributed by atoms with Gasteiger partial charge in [0.05, 0.1) is 24.2 Å². The molecule has 1 heterocycles. The summed E-state index contributed by atoms with van der Waals surface area (Å²) in [5.74, 6) is -0.320. The van der Waals surface area contributed by atoms with Gasteiger partial charge in [0.2, 0.25) is 10.0 Å². The molecule has 0 spiro atoms. The van der Waals surface area contributed by atoms with Crippen LogP contribution in [0, 0.1) is 0 Å². The molecule has 156 valence electrons. The minimum Gasteiger partial charge on any atom is -0.497 e. The van der Waals surface area contributed by atoms with Gasteiger partial charge in [-0.05, 0) is 24.1 Å². The van der Waals surface area contributed by atoms with Crippen LogP contribution >= 0.6 is 22.9 Å². The van der Waals surface area contributed by atoms with E-state index in [2.05, 4.69) is 10.2 Å². The molecule has 29 heavy (non-hydrogen) atoms. The maximum Gasteiger partial charge on any atom is 0.237 e. The Balaban J connectivity index is 2.25. The van der Waals surface area contributed by atoms with Crippen molar-refractivity contribution in [3.8, 4) is 11.5 Å². The normalized spacial score (nSPS) is 22.4. The Kier molecular flexibility index (Phi) is 5.95. The van der Waals surface area contributed by atoms with E-state index < -0.39 is 37.4 Å². The highest BCUT2D eigenvalue weighted by Gasteiger charge is 2.55. The lowest BCUT2D eigenvalue weighted by molar-refractivity contribution is 0.218. The lowest BCUT2D eigenvalue weighted by Gasteiger charge is -2.37. The monoisotopic (exact) mass is 463 g/mol. The molecule has 0 saturated heterocycles. The first-order valence-electron chi connectivity index (χ1n) is 8.07. The van der Waals surface area contributed by atoms with Crippen LogP contribution in [0.2, 0.25) is 0 Å². The van der Waals surface area contributed by atoms with Crippen LogP contribution < -0.4 is 14.6 Å². The second-order valence-electron chi connectivity index (χ2n) is 6.19. The van der Waals surface area contributed by atoms with E-state index >= 15 is 8.78 Å². The van der Waals surface area contributed by atoms with Crippen molar-refractivity contribution in [3.05, 3.63) is 56.1 Å². The molecule has 7 nitrogen and oxygen atoms in total. The van der Waals surface area contributed by atoms with Crippen LogP contribution in [0.1, 0.15) is 10.6 Å². The number of nitrogens with zero attached hydrogens (tertiary/aromatic N) is 2. The maximum absolute atomic E-state index is 15.7. The van der Waals surface area contributed by atoms with Crippen LogP contribution in [0.4, 0.5) is 8.78 Å². The van der Waals surface area contributed by atoms with Crippen LogP contribution in [-0.2, 0) is 21.9 Å². The van der Waals surface area contributed by atoms with Crippen LogP contribution in [0.3, 0.4) is 0 Å². The average Bonchev–Trinajstić information content (AvgIpc) is 3.22. The van der Waals surface area contributed by atoms with E-state index in [4.69, 9.17) is 26.2 Å². The SMILES string of the molecule is COc1ccc(CC2(c3nncs3)C(F)=C(Cl)C=C(S(N)(=O)=O)C2F)c(OC)c1. The van der Waals surface area contributed by atoms with Gasteiger partial charge in [-0.1, -0.05) is 17.7 Å². The van der Waals surface area contributed by atoms with Gasteiger partial charge in [0.1, 0.15) is 33.3 Å². The van der Waals surface area contributed by atoms with Crippen molar-refractivity contribution in [2.45, 2.75) is 18.0 Å². The molecular weight excluding hydrogens is 448 g/mol. The molecule has 0 amide bonds. The number of nitrogens with two attached hydrogens (primary N) is 1. The van der Waals surface area contributed by atoms with Gasteiger partial charge in [0.15, 0.2) is 6.17 Å². The van der Waals surface area contributed by atoms with Gasteiger partial charge in [-0.3, -0.25) is 0 Å². The summed E-state index contributed by atoms with van der Waals surface area (Å²) in [7, 11) is -1.66. The van der Waals surface area contributed by atoms with Crippen LogP contribution in [-0.4, -0.2) is 39.0 Å². The van der Waals surface area contributed by atoms with Gasteiger partial charge in [-0.2, -0.15) is 0 Å². The second-order valence-corrected chi connectivity index (χ2v) is 8.99. The van der Waals surface area contributed by atoms with Crippen molar-refractivity contribution in [2.75, 3.05) is 14.2 Å². The topological polar surface area (TPSA) is 104 Å². The van der Waals surface area contributed by atoms with Gasteiger partial charge in [0.25, 0.3) is 0 Å². The second kappa shape index (κ2) is 7.98. The molecule has 0 aliphatic heterocycles. The van der Waals surface area contributed by atoms with E-state index in [0.29, 0.717) is 17.4 Å². The molecule has 2 atom stereocenters. The quantitative estimate of drug-likeness (QED) is 0.706. The predicted molar refractivity (Wildman–Crippen MR) is 105 cm³/mol. The van der Waals surface area contributed by atoms with E-state index in [0.717, 1.165) is 11.3 Å². The third kappa shape index (κ3) is 3.75. The fourth-order valence-corrected chi connectivity index (χ4v) is 5.05. The summed E-state index contributed by atoms with van der Waals surface area (Å²) in [4.78, 5) is -0.841. The minimum atomic E-state index is -4.51. The fraction of sp³-hybridized carbons (Fsp3) is 0.294. The molecular formula is C17H16ClF2N3O4S2. The summed E-state index contributed by atoms with van der Waals surface area (Å²) < 4.78 is 65.5. The molecule has 1 aromatic heterocycles. The van der Waals surface area contributed by atoms with E-state index in [-0.39, 0.29) is 17.2 Å². The van der Waals surface area contributed by atoms with Crippen molar-refractivity contribution in [3.63, 3.8) is 0 Å². The zero-order valence-electron chi connectivity index (χ0n) is 15.2. The number of sulfonamides is 1. The lowest BCUT2D eigenvalue weighted by atomic mass is 9.74. The van der Waals surface area contributed by atoms with E-state index in [1.165, 1.54) is 19.7 Å². The fourth-order valence-electron chi connectivity index (χ4n) is 3.17. The summed E-state index contributed by atoms with van der Waals surface area (Å²) >= 11 is 6.84. The first-order chi connectivity index (χ1) is 13.6. The molecule has 2 unspecified atom stereocenters. The standard InChI is InChI=1S/C17H16ClF2N3O4S2/c1-26-10-4-3-9(12(5-10)27-2)7-17(16-23-22-8-28-16)14(19)11(18)6-13(15(17)20)29(21,24)25/h3-6,8,15H,7H2,1-2H3,(H2,21,24,25). The Morgan fingerprint density at radius 3 is 2.62 bits per heavy atom.